The van der Waals surface area contributed by atoms with Gasteiger partial charge in [-0.2, -0.15) is 4.98 Å². The molecule has 0 spiro atoms. The van der Waals surface area contributed by atoms with Crippen molar-refractivity contribution in [1.82, 2.24) is 15.5 Å². The van der Waals surface area contributed by atoms with Gasteiger partial charge in [-0.25, -0.2) is 0 Å². The molecule has 1 aliphatic heterocycles. The normalized spacial score (nSPS) is 23.4. The van der Waals surface area contributed by atoms with Gasteiger partial charge in [-0.05, 0) is 32.4 Å². The minimum atomic E-state index is 0.343. The van der Waals surface area contributed by atoms with Gasteiger partial charge in [0.15, 0.2) is 0 Å². The quantitative estimate of drug-likeness (QED) is 0.880. The Labute approximate surface area is 106 Å². The molecule has 0 radical (unpaired) electrons. The Morgan fingerprint density at radius 2 is 2.17 bits per heavy atom. The van der Waals surface area contributed by atoms with Crippen molar-refractivity contribution in [3.8, 4) is 11.4 Å². The van der Waals surface area contributed by atoms with E-state index in [1.807, 2.05) is 18.2 Å². The summed E-state index contributed by atoms with van der Waals surface area (Å²) in [5.74, 6) is 1.79. The standard InChI is InChI=1S/C14H17N3O/c1-9-5-3-4-6-11(9)13-16-14(18-17-13)12-7-8-15-10(12)2/h3-6,10,12,15H,7-8H2,1-2H3. The number of nitrogens with zero attached hydrogens (tertiary/aromatic N) is 2. The second-order valence-corrected chi connectivity index (χ2v) is 4.91. The molecule has 1 saturated heterocycles. The number of hydrogen-bond acceptors (Lipinski definition) is 4. The van der Waals surface area contributed by atoms with Gasteiger partial charge < -0.3 is 9.84 Å². The highest BCUT2D eigenvalue weighted by Gasteiger charge is 2.29. The van der Waals surface area contributed by atoms with Crippen molar-refractivity contribution < 1.29 is 4.52 Å². The molecule has 0 aliphatic carbocycles. The number of hydrogen-bond donors (Lipinski definition) is 1. The van der Waals surface area contributed by atoms with Crippen LogP contribution in [0.25, 0.3) is 11.4 Å². The predicted octanol–water partition coefficient (Wildman–Crippen LogP) is 2.51. The van der Waals surface area contributed by atoms with Crippen molar-refractivity contribution in [3.05, 3.63) is 35.7 Å². The SMILES string of the molecule is Cc1ccccc1-c1noc(C2CCNC2C)n1. The fourth-order valence-corrected chi connectivity index (χ4v) is 2.52. The van der Waals surface area contributed by atoms with Crippen LogP contribution in [-0.2, 0) is 0 Å². The highest BCUT2D eigenvalue weighted by Crippen LogP contribution is 2.28. The van der Waals surface area contributed by atoms with E-state index < -0.39 is 0 Å². The fraction of sp³-hybridized carbons (Fsp3) is 0.429. The summed E-state index contributed by atoms with van der Waals surface area (Å²) in [5, 5.41) is 7.51. The van der Waals surface area contributed by atoms with E-state index in [9.17, 15) is 0 Å². The molecule has 2 unspecified atom stereocenters. The van der Waals surface area contributed by atoms with E-state index in [1.54, 1.807) is 0 Å². The molecule has 0 bridgehead atoms. The highest BCUT2D eigenvalue weighted by atomic mass is 16.5. The third-order valence-corrected chi connectivity index (χ3v) is 3.67. The summed E-state index contributed by atoms with van der Waals surface area (Å²) >= 11 is 0. The van der Waals surface area contributed by atoms with Crippen molar-refractivity contribution in [2.45, 2.75) is 32.2 Å². The van der Waals surface area contributed by atoms with E-state index >= 15 is 0 Å². The van der Waals surface area contributed by atoms with Gasteiger partial charge in [-0.15, -0.1) is 0 Å². The smallest absolute Gasteiger partial charge is 0.231 e. The van der Waals surface area contributed by atoms with Crippen LogP contribution >= 0.6 is 0 Å². The molecule has 1 aromatic heterocycles. The maximum Gasteiger partial charge on any atom is 0.231 e. The Morgan fingerprint density at radius 1 is 1.33 bits per heavy atom. The first kappa shape index (κ1) is 11.4. The number of aromatic nitrogens is 2. The fourth-order valence-electron chi connectivity index (χ4n) is 2.52. The van der Waals surface area contributed by atoms with Crippen molar-refractivity contribution >= 4 is 0 Å². The van der Waals surface area contributed by atoms with E-state index in [1.165, 1.54) is 5.56 Å². The molecule has 2 aromatic rings. The van der Waals surface area contributed by atoms with Crippen LogP contribution in [-0.4, -0.2) is 22.7 Å². The predicted molar refractivity (Wildman–Crippen MR) is 69.3 cm³/mol. The summed E-state index contributed by atoms with van der Waals surface area (Å²) in [7, 11) is 0. The topological polar surface area (TPSA) is 51.0 Å². The van der Waals surface area contributed by atoms with E-state index in [0.717, 1.165) is 24.4 Å². The third-order valence-electron chi connectivity index (χ3n) is 3.67. The largest absolute Gasteiger partial charge is 0.339 e. The molecule has 1 aromatic carbocycles. The minimum Gasteiger partial charge on any atom is -0.339 e. The summed E-state index contributed by atoms with van der Waals surface area (Å²) < 4.78 is 5.43. The zero-order chi connectivity index (χ0) is 12.5. The van der Waals surface area contributed by atoms with E-state index in [2.05, 4.69) is 35.4 Å². The van der Waals surface area contributed by atoms with Crippen LogP contribution in [0.2, 0.25) is 0 Å². The lowest BCUT2D eigenvalue weighted by atomic mass is 10.0. The Balaban J connectivity index is 1.92. The van der Waals surface area contributed by atoms with Crippen LogP contribution in [0.15, 0.2) is 28.8 Å². The van der Waals surface area contributed by atoms with Crippen LogP contribution in [0.3, 0.4) is 0 Å². The first-order valence-corrected chi connectivity index (χ1v) is 6.38. The van der Waals surface area contributed by atoms with E-state index in [0.29, 0.717) is 17.8 Å². The zero-order valence-corrected chi connectivity index (χ0v) is 10.7. The minimum absolute atomic E-state index is 0.343. The van der Waals surface area contributed by atoms with Crippen molar-refractivity contribution in [1.29, 1.82) is 0 Å². The highest BCUT2D eigenvalue weighted by molar-refractivity contribution is 5.59. The van der Waals surface area contributed by atoms with Crippen LogP contribution < -0.4 is 5.32 Å². The Morgan fingerprint density at radius 3 is 2.89 bits per heavy atom. The molecule has 0 amide bonds. The Bertz CT molecular complexity index is 549. The molecule has 1 N–H and O–H groups in total. The molecule has 3 rings (SSSR count). The lowest BCUT2D eigenvalue weighted by Gasteiger charge is -2.08. The summed E-state index contributed by atoms with van der Waals surface area (Å²) in [6.07, 6.45) is 1.07. The lowest BCUT2D eigenvalue weighted by molar-refractivity contribution is 0.345. The molecule has 2 atom stereocenters. The van der Waals surface area contributed by atoms with Crippen molar-refractivity contribution in [2.75, 3.05) is 6.54 Å². The van der Waals surface area contributed by atoms with Crippen LogP contribution in [0, 0.1) is 6.92 Å². The maximum absolute atomic E-state index is 5.43. The van der Waals surface area contributed by atoms with Crippen molar-refractivity contribution in [3.63, 3.8) is 0 Å². The molecule has 0 saturated carbocycles. The lowest BCUT2D eigenvalue weighted by Crippen LogP contribution is -2.21. The maximum atomic E-state index is 5.43. The molecule has 4 nitrogen and oxygen atoms in total. The average Bonchev–Trinajstić information content (AvgIpc) is 2.98. The van der Waals surface area contributed by atoms with E-state index in [-0.39, 0.29) is 0 Å². The van der Waals surface area contributed by atoms with E-state index in [4.69, 9.17) is 4.52 Å². The first-order chi connectivity index (χ1) is 8.75. The summed E-state index contributed by atoms with van der Waals surface area (Å²) in [6, 6.07) is 8.52. The second kappa shape index (κ2) is 4.53. The molecular formula is C14H17N3O. The molecule has 94 valence electrons. The van der Waals surface area contributed by atoms with Crippen molar-refractivity contribution in [2.24, 2.45) is 0 Å². The molecule has 1 aliphatic rings. The van der Waals surface area contributed by atoms with Crippen LogP contribution in [0.1, 0.15) is 30.7 Å². The van der Waals surface area contributed by atoms with Gasteiger partial charge in [-0.1, -0.05) is 29.4 Å². The number of nitrogens with one attached hydrogen (secondary N) is 1. The van der Waals surface area contributed by atoms with Gasteiger partial charge >= 0.3 is 0 Å². The van der Waals surface area contributed by atoms with Gasteiger partial charge in [0.05, 0.1) is 5.92 Å². The Kier molecular flexibility index (Phi) is 2.88. The molecule has 4 heteroatoms. The number of aryl methyl sites for hydroxylation is 1. The van der Waals surface area contributed by atoms with Crippen LogP contribution in [0.4, 0.5) is 0 Å². The van der Waals surface area contributed by atoms with Crippen LogP contribution in [0.5, 0.6) is 0 Å². The second-order valence-electron chi connectivity index (χ2n) is 4.91. The monoisotopic (exact) mass is 243 g/mol. The number of benzene rings is 1. The molecule has 1 fully saturated rings. The van der Waals surface area contributed by atoms with Gasteiger partial charge in [0.1, 0.15) is 0 Å². The van der Waals surface area contributed by atoms with Gasteiger partial charge in [0.2, 0.25) is 11.7 Å². The zero-order valence-electron chi connectivity index (χ0n) is 10.7. The molecule has 2 heterocycles. The molecular weight excluding hydrogens is 226 g/mol. The number of rotatable bonds is 2. The molecule has 18 heavy (non-hydrogen) atoms. The summed E-state index contributed by atoms with van der Waals surface area (Å²) in [6.45, 7) is 5.24. The summed E-state index contributed by atoms with van der Waals surface area (Å²) in [4.78, 5) is 4.56. The Hall–Kier alpha value is -1.68. The van der Waals surface area contributed by atoms with Gasteiger partial charge in [0.25, 0.3) is 0 Å². The average molecular weight is 243 g/mol. The first-order valence-electron chi connectivity index (χ1n) is 6.38. The van der Waals surface area contributed by atoms with Gasteiger partial charge in [0, 0.05) is 11.6 Å². The summed E-state index contributed by atoms with van der Waals surface area (Å²) in [5.41, 5.74) is 2.22. The third kappa shape index (κ3) is 1.93. The van der Waals surface area contributed by atoms with Gasteiger partial charge in [-0.3, -0.25) is 0 Å².